The van der Waals surface area contributed by atoms with E-state index in [1.54, 1.807) is 0 Å². The zero-order chi connectivity index (χ0) is 41.9. The van der Waals surface area contributed by atoms with Crippen LogP contribution in [0.2, 0.25) is 0 Å². The van der Waals surface area contributed by atoms with Gasteiger partial charge in [-0.25, -0.2) is 0 Å². The van der Waals surface area contributed by atoms with Crippen LogP contribution in [-0.2, 0) is 0 Å². The molecule has 13 aromatic carbocycles. The van der Waals surface area contributed by atoms with Crippen LogP contribution in [-0.4, -0.2) is 0 Å². The van der Waals surface area contributed by atoms with Crippen LogP contribution in [0.4, 0.5) is 17.1 Å². The van der Waals surface area contributed by atoms with E-state index in [-0.39, 0.29) is 0 Å². The van der Waals surface area contributed by atoms with E-state index in [1.807, 2.05) is 11.3 Å². The molecule has 2 heteroatoms. The molecule has 0 saturated heterocycles. The zero-order valence-corrected chi connectivity index (χ0v) is 35.5. The minimum atomic E-state index is 1.13. The molecule has 0 amide bonds. The summed E-state index contributed by atoms with van der Waals surface area (Å²) in [6.45, 7) is 0. The van der Waals surface area contributed by atoms with Crippen molar-refractivity contribution in [3.8, 4) is 22.3 Å². The summed E-state index contributed by atoms with van der Waals surface area (Å²) in [5.74, 6) is 0. The third kappa shape index (κ3) is 5.24. The Morgan fingerprint density at radius 2 is 0.828 bits per heavy atom. The highest BCUT2D eigenvalue weighted by atomic mass is 32.1. The number of para-hydroxylation sites is 1. The van der Waals surface area contributed by atoms with Crippen LogP contribution in [0, 0.1) is 0 Å². The van der Waals surface area contributed by atoms with Gasteiger partial charge >= 0.3 is 0 Å². The lowest BCUT2D eigenvalue weighted by Crippen LogP contribution is -2.11. The monoisotopic (exact) mass is 827 g/mol. The van der Waals surface area contributed by atoms with Crippen LogP contribution < -0.4 is 4.90 Å². The van der Waals surface area contributed by atoms with Gasteiger partial charge in [-0.15, -0.1) is 11.3 Å². The van der Waals surface area contributed by atoms with E-state index in [1.165, 1.54) is 129 Å². The Kier molecular flexibility index (Phi) is 7.63. The molecule has 14 rings (SSSR count). The Balaban J connectivity index is 0.923. The van der Waals surface area contributed by atoms with E-state index >= 15 is 0 Å². The molecule has 0 fully saturated rings. The molecule has 14 aromatic rings. The summed E-state index contributed by atoms with van der Waals surface area (Å²) in [5, 5.41) is 20.6. The third-order valence-electron chi connectivity index (χ3n) is 13.7. The highest BCUT2D eigenvalue weighted by Crippen LogP contribution is 2.48. The predicted octanol–water partition coefficient (Wildman–Crippen LogP) is 18.4. The summed E-state index contributed by atoms with van der Waals surface area (Å²) in [7, 11) is 0. The molecule has 1 nitrogen and oxygen atoms in total. The average molecular weight is 828 g/mol. The number of rotatable bonds is 5. The lowest BCUT2D eigenvalue weighted by molar-refractivity contribution is 1.31. The van der Waals surface area contributed by atoms with Gasteiger partial charge in [0.15, 0.2) is 0 Å². The first-order valence-corrected chi connectivity index (χ1v) is 22.9. The molecule has 0 N–H and O–H groups in total. The summed E-state index contributed by atoms with van der Waals surface area (Å²) in [6.07, 6.45) is 0. The third-order valence-corrected chi connectivity index (χ3v) is 14.9. The number of hydrogen-bond donors (Lipinski definition) is 0. The van der Waals surface area contributed by atoms with Crippen molar-refractivity contribution in [1.29, 1.82) is 0 Å². The van der Waals surface area contributed by atoms with Crippen molar-refractivity contribution in [3.05, 3.63) is 224 Å². The largest absolute Gasteiger partial charge is 0.309 e. The molecule has 0 aliphatic carbocycles. The van der Waals surface area contributed by atoms with E-state index in [9.17, 15) is 0 Å². The van der Waals surface area contributed by atoms with Gasteiger partial charge in [0.05, 0.1) is 11.4 Å². The van der Waals surface area contributed by atoms with Crippen molar-refractivity contribution in [1.82, 2.24) is 0 Å². The predicted molar refractivity (Wildman–Crippen MR) is 279 cm³/mol. The minimum absolute atomic E-state index is 1.13. The van der Waals surface area contributed by atoms with Gasteiger partial charge < -0.3 is 4.90 Å². The molecule has 0 atom stereocenters. The van der Waals surface area contributed by atoms with Crippen molar-refractivity contribution < 1.29 is 0 Å². The fourth-order valence-electron chi connectivity index (χ4n) is 10.8. The number of thiophene rings is 1. The molecule has 0 spiro atoms. The highest BCUT2D eigenvalue weighted by Gasteiger charge is 2.21. The van der Waals surface area contributed by atoms with Crippen LogP contribution >= 0.6 is 11.3 Å². The van der Waals surface area contributed by atoms with Gasteiger partial charge in [-0.05, 0) is 141 Å². The molecule has 1 heterocycles. The van der Waals surface area contributed by atoms with E-state index in [0.29, 0.717) is 0 Å². The topological polar surface area (TPSA) is 3.24 Å². The van der Waals surface area contributed by atoms with Crippen LogP contribution in [0.5, 0.6) is 0 Å². The van der Waals surface area contributed by atoms with Crippen molar-refractivity contribution in [2.75, 3.05) is 4.90 Å². The first kappa shape index (κ1) is 35.5. The van der Waals surface area contributed by atoms with E-state index in [2.05, 4.69) is 229 Å². The summed E-state index contributed by atoms with van der Waals surface area (Å²) in [5.41, 5.74) is 8.39. The summed E-state index contributed by atoms with van der Waals surface area (Å²) in [4.78, 5) is 2.44. The van der Waals surface area contributed by atoms with E-state index < -0.39 is 0 Å². The van der Waals surface area contributed by atoms with E-state index in [4.69, 9.17) is 0 Å². The van der Waals surface area contributed by atoms with Crippen LogP contribution in [0.1, 0.15) is 0 Å². The molecular weight excluding hydrogens is 791 g/mol. The lowest BCUT2D eigenvalue weighted by atomic mass is 9.88. The number of hydrogen-bond acceptors (Lipinski definition) is 2. The number of benzene rings is 13. The molecule has 0 radical (unpaired) electrons. The van der Waals surface area contributed by atoms with E-state index in [0.717, 1.165) is 5.69 Å². The van der Waals surface area contributed by atoms with Crippen molar-refractivity contribution in [2.24, 2.45) is 0 Å². The summed E-state index contributed by atoms with van der Waals surface area (Å²) < 4.78 is 2.64. The zero-order valence-electron chi connectivity index (χ0n) is 34.7. The van der Waals surface area contributed by atoms with Crippen LogP contribution in [0.15, 0.2) is 224 Å². The minimum Gasteiger partial charge on any atom is -0.309 e. The Hall–Kier alpha value is -8.04. The van der Waals surface area contributed by atoms with Gasteiger partial charge in [0, 0.05) is 36.6 Å². The maximum atomic E-state index is 2.45. The molecule has 0 aliphatic rings. The van der Waals surface area contributed by atoms with Gasteiger partial charge in [-0.3, -0.25) is 0 Å². The fraction of sp³-hybridized carbons (Fsp3) is 0. The first-order valence-electron chi connectivity index (χ1n) is 22.1. The van der Waals surface area contributed by atoms with Gasteiger partial charge in [0.1, 0.15) is 0 Å². The first-order chi connectivity index (χ1) is 31.7. The standard InChI is InChI=1S/C62H37NS/c1-2-16-44(17-3-1)63(57-23-11-13-38-12-4-5-18-46(38)57)58-32-27-40-25-30-51-45(29-24-39-26-31-52(58)62(40)61(39)51)43-15-10-14-41(34-43)42-28-33-59-55(35-42)56-36-53-49-21-8-6-19-47(49)48-20-7-9-22-50(48)54(53)37-60(56)64-59/h1-37H. The molecule has 64 heavy (non-hydrogen) atoms. The molecule has 0 bridgehead atoms. The number of anilines is 3. The molecule has 0 aliphatic heterocycles. The quantitative estimate of drug-likeness (QED) is 0.156. The Morgan fingerprint density at radius 1 is 0.266 bits per heavy atom. The van der Waals surface area contributed by atoms with Gasteiger partial charge in [-0.2, -0.15) is 0 Å². The molecule has 0 unspecified atom stereocenters. The lowest BCUT2D eigenvalue weighted by Gasteiger charge is -2.29. The normalized spacial score (nSPS) is 12.1. The average Bonchev–Trinajstić information content (AvgIpc) is 3.73. The van der Waals surface area contributed by atoms with Crippen molar-refractivity contribution in [3.63, 3.8) is 0 Å². The second-order valence-corrected chi connectivity index (χ2v) is 18.3. The van der Waals surface area contributed by atoms with Crippen LogP contribution in [0.25, 0.3) is 118 Å². The van der Waals surface area contributed by atoms with Gasteiger partial charge in [0.25, 0.3) is 0 Å². The van der Waals surface area contributed by atoms with Gasteiger partial charge in [-0.1, -0.05) is 170 Å². The van der Waals surface area contributed by atoms with Crippen molar-refractivity contribution in [2.45, 2.75) is 0 Å². The number of fused-ring (bicyclic) bond motifs is 10. The smallest absolute Gasteiger partial charge is 0.0540 e. The summed E-state index contributed by atoms with van der Waals surface area (Å²) >= 11 is 1.90. The number of nitrogens with zero attached hydrogens (tertiary/aromatic N) is 1. The molecule has 1 aromatic heterocycles. The molecule has 0 saturated carbocycles. The second-order valence-electron chi connectivity index (χ2n) is 17.2. The Bertz CT molecular complexity index is 4190. The van der Waals surface area contributed by atoms with Crippen LogP contribution in [0.3, 0.4) is 0 Å². The SMILES string of the molecule is c1ccc(N(c2cccc3ccccc23)c2ccc3ccc4c(-c5cccc(-c6ccc7sc8cc9c%10ccccc%10c%10ccccc%10c9cc8c7c6)c5)ccc5ccc2c3c54)cc1. The summed E-state index contributed by atoms with van der Waals surface area (Å²) in [6, 6.07) is 83.5. The highest BCUT2D eigenvalue weighted by molar-refractivity contribution is 7.25. The van der Waals surface area contributed by atoms with Crippen molar-refractivity contribution >= 4 is 124 Å². The Morgan fingerprint density at radius 3 is 1.62 bits per heavy atom. The second kappa shape index (κ2) is 13.7. The fourth-order valence-corrected chi connectivity index (χ4v) is 11.9. The van der Waals surface area contributed by atoms with Gasteiger partial charge in [0.2, 0.25) is 0 Å². The maximum absolute atomic E-state index is 2.45. The molecule has 296 valence electrons. The molecular formula is C62H37NS. The Labute approximate surface area is 373 Å². The maximum Gasteiger partial charge on any atom is 0.0540 e.